The number of H-pyrrole nitrogens is 1. The van der Waals surface area contributed by atoms with Crippen molar-refractivity contribution in [3.8, 4) is 0 Å². The van der Waals surface area contributed by atoms with Crippen molar-refractivity contribution in [1.29, 1.82) is 0 Å². The highest BCUT2D eigenvalue weighted by Gasteiger charge is 2.20. The average molecular weight is 202 g/mol. The predicted molar refractivity (Wildman–Crippen MR) is 46.9 cm³/mol. The zero-order chi connectivity index (χ0) is 11.1. The number of aliphatic hydroxyl groups excluding tert-OH is 1. The number of methoxy groups -OCH3 is 1. The Morgan fingerprint density at radius 3 is 2.64 bits per heavy atom. The van der Waals surface area contributed by atoms with Gasteiger partial charge in [-0.1, -0.05) is 0 Å². The van der Waals surface area contributed by atoms with Gasteiger partial charge in [-0.15, -0.1) is 14.7 Å². The summed E-state index contributed by atoms with van der Waals surface area (Å²) in [5, 5.41) is 12.2. The summed E-state index contributed by atoms with van der Waals surface area (Å²) in [5.74, 6) is -0.606. The number of aryl methyl sites for hydroxylation is 1. The Morgan fingerprint density at radius 2 is 2.21 bits per heavy atom. The molecule has 1 heterocycles. The van der Waals surface area contributed by atoms with E-state index in [1.807, 2.05) is 0 Å². The molecule has 1 aromatic rings. The molecule has 7 nitrogen and oxygen atoms in total. The second kappa shape index (κ2) is 5.81. The maximum absolute atomic E-state index is 11.0. The highest BCUT2D eigenvalue weighted by molar-refractivity contribution is 5.93. The number of aromatic nitrogens is 2. The number of ether oxygens (including phenoxy) is 1. The summed E-state index contributed by atoms with van der Waals surface area (Å²) >= 11 is 0. The van der Waals surface area contributed by atoms with Gasteiger partial charge in [0, 0.05) is 7.11 Å². The lowest BCUT2D eigenvalue weighted by molar-refractivity contribution is -0.726. The zero-order valence-electron chi connectivity index (χ0n) is 8.14. The molecule has 0 aliphatic heterocycles. The molecule has 0 aromatic carbocycles. The summed E-state index contributed by atoms with van der Waals surface area (Å²) in [4.78, 5) is 21.1. The molecule has 0 aliphatic rings. The third-order valence-electron chi connectivity index (χ3n) is 1.36. The van der Waals surface area contributed by atoms with E-state index in [-0.39, 0.29) is 11.4 Å². The molecule has 0 saturated heterocycles. The number of hydrogen-bond acceptors (Lipinski definition) is 5. The largest absolute Gasteiger partial charge is 0.465 e. The van der Waals surface area contributed by atoms with Crippen LogP contribution < -0.4 is 4.68 Å². The first kappa shape index (κ1) is 12.2. The molecule has 14 heavy (non-hydrogen) atoms. The van der Waals surface area contributed by atoms with Gasteiger partial charge in [-0.2, -0.15) is 0 Å². The van der Waals surface area contributed by atoms with E-state index in [4.69, 9.17) is 5.11 Å². The van der Waals surface area contributed by atoms with Gasteiger partial charge in [-0.25, -0.2) is 4.79 Å². The van der Waals surface area contributed by atoms with Crippen molar-refractivity contribution in [2.24, 2.45) is 12.2 Å². The van der Waals surface area contributed by atoms with Crippen molar-refractivity contribution in [2.75, 3.05) is 14.2 Å². The number of rotatable bonds is 2. The highest BCUT2D eigenvalue weighted by Crippen LogP contribution is 2.13. The van der Waals surface area contributed by atoms with E-state index in [9.17, 15) is 9.70 Å². The van der Waals surface area contributed by atoms with Crippen LogP contribution in [0.2, 0.25) is 0 Å². The van der Waals surface area contributed by atoms with Gasteiger partial charge >= 0.3 is 5.97 Å². The van der Waals surface area contributed by atoms with E-state index in [0.717, 1.165) is 7.11 Å². The molecular formula is C7H12N3O4+. The normalized spacial score (nSPS) is 8.57. The summed E-state index contributed by atoms with van der Waals surface area (Å²) in [7, 11) is 3.88. The molecule has 0 atom stereocenters. The molecule has 0 radical (unpaired) electrons. The number of aliphatic hydroxyl groups is 1. The molecule has 1 aromatic heterocycles. The first-order valence-corrected chi connectivity index (χ1v) is 3.64. The summed E-state index contributed by atoms with van der Waals surface area (Å²) in [6.45, 7) is 0. The van der Waals surface area contributed by atoms with Crippen molar-refractivity contribution in [3.63, 3.8) is 0 Å². The Balaban J connectivity index is 0.000000791. The molecule has 0 aliphatic carbocycles. The number of aromatic amines is 1. The predicted octanol–water partition coefficient (Wildman–Crippen LogP) is -0.368. The highest BCUT2D eigenvalue weighted by atomic mass is 16.5. The number of carbonyl (C=O) groups excluding carboxylic acids is 1. The standard InChI is InChI=1S/C6H7N3O3.CH4O/c1-9-3-4(6(10)12-2)5(7-9)8-11;1-2/h3H,1-2H3;2H,1H3/p+1. The Hall–Kier alpha value is -1.76. The molecule has 78 valence electrons. The number of nitrogens with zero attached hydrogens (tertiary/aromatic N) is 2. The molecular weight excluding hydrogens is 190 g/mol. The van der Waals surface area contributed by atoms with E-state index in [1.165, 1.54) is 18.0 Å². The number of nitrogens with one attached hydrogen (secondary N) is 1. The van der Waals surface area contributed by atoms with E-state index in [1.54, 1.807) is 7.05 Å². The Morgan fingerprint density at radius 1 is 1.64 bits per heavy atom. The van der Waals surface area contributed by atoms with Crippen LogP contribution in [0.4, 0.5) is 5.82 Å². The van der Waals surface area contributed by atoms with Crippen LogP contribution in [0, 0.1) is 4.91 Å². The van der Waals surface area contributed by atoms with Crippen molar-refractivity contribution < 1.29 is 19.3 Å². The van der Waals surface area contributed by atoms with Gasteiger partial charge in [0.1, 0.15) is 0 Å². The topological polar surface area (TPSA) is 95.6 Å². The van der Waals surface area contributed by atoms with Crippen molar-refractivity contribution >= 4 is 11.8 Å². The van der Waals surface area contributed by atoms with Crippen molar-refractivity contribution in [3.05, 3.63) is 16.7 Å². The smallest absolute Gasteiger partial charge is 0.348 e. The number of nitroso groups, excluding NO2 is 1. The van der Waals surface area contributed by atoms with Crippen LogP contribution in [0.5, 0.6) is 0 Å². The van der Waals surface area contributed by atoms with Crippen molar-refractivity contribution in [1.82, 2.24) is 5.10 Å². The monoisotopic (exact) mass is 202 g/mol. The molecule has 0 spiro atoms. The molecule has 1 rings (SSSR count). The van der Waals surface area contributed by atoms with Crippen LogP contribution in [0.25, 0.3) is 0 Å². The van der Waals surface area contributed by atoms with Gasteiger partial charge in [-0.05, 0) is 5.18 Å². The summed E-state index contributed by atoms with van der Waals surface area (Å²) in [6.07, 6.45) is 1.43. The van der Waals surface area contributed by atoms with E-state index < -0.39 is 5.97 Å². The van der Waals surface area contributed by atoms with Crippen LogP contribution in [-0.4, -0.2) is 30.4 Å². The van der Waals surface area contributed by atoms with Crippen LogP contribution in [-0.2, 0) is 11.8 Å². The second-order valence-corrected chi connectivity index (χ2v) is 2.20. The number of hydrogen-bond donors (Lipinski definition) is 2. The SMILES string of the molecule is CO.COC(=O)c1c[n+](C)[nH]c1N=O. The number of esters is 1. The maximum Gasteiger partial charge on any atom is 0.348 e. The molecule has 0 amide bonds. The van der Waals surface area contributed by atoms with Gasteiger partial charge in [0.2, 0.25) is 12.0 Å². The van der Waals surface area contributed by atoms with E-state index >= 15 is 0 Å². The van der Waals surface area contributed by atoms with Crippen LogP contribution in [0.1, 0.15) is 10.4 Å². The van der Waals surface area contributed by atoms with Gasteiger partial charge in [0.15, 0.2) is 12.6 Å². The van der Waals surface area contributed by atoms with Gasteiger partial charge in [-0.3, -0.25) is 0 Å². The molecule has 0 unspecified atom stereocenters. The zero-order valence-corrected chi connectivity index (χ0v) is 8.14. The minimum Gasteiger partial charge on any atom is -0.465 e. The molecule has 2 N–H and O–H groups in total. The van der Waals surface area contributed by atoms with Crippen molar-refractivity contribution in [2.45, 2.75) is 0 Å². The van der Waals surface area contributed by atoms with Crippen LogP contribution in [0.15, 0.2) is 11.4 Å². The third-order valence-corrected chi connectivity index (χ3v) is 1.36. The fraction of sp³-hybridized carbons (Fsp3) is 0.429. The molecule has 0 fully saturated rings. The molecule has 0 bridgehead atoms. The summed E-state index contributed by atoms with van der Waals surface area (Å²) in [6, 6.07) is 0. The minimum absolute atomic E-state index is 0.0237. The van der Waals surface area contributed by atoms with Gasteiger partial charge < -0.3 is 9.84 Å². The lowest BCUT2D eigenvalue weighted by atomic mass is 10.3. The van der Waals surface area contributed by atoms with Crippen LogP contribution in [0.3, 0.4) is 0 Å². The van der Waals surface area contributed by atoms with Crippen LogP contribution >= 0.6 is 0 Å². The average Bonchev–Trinajstić information content (AvgIpc) is 2.61. The van der Waals surface area contributed by atoms with Gasteiger partial charge in [0.25, 0.3) is 0 Å². The fourth-order valence-electron chi connectivity index (χ4n) is 0.843. The molecule has 7 heteroatoms. The molecule has 0 saturated carbocycles. The summed E-state index contributed by atoms with van der Waals surface area (Å²) < 4.78 is 5.87. The first-order valence-electron chi connectivity index (χ1n) is 3.64. The second-order valence-electron chi connectivity index (χ2n) is 2.20. The quantitative estimate of drug-likeness (QED) is 0.388. The Kier molecular flexibility index (Phi) is 5.08. The Labute approximate surface area is 80.3 Å². The third kappa shape index (κ3) is 2.63. The van der Waals surface area contributed by atoms with Gasteiger partial charge in [0.05, 0.1) is 7.11 Å². The Bertz CT molecular complexity index is 321. The lowest BCUT2D eigenvalue weighted by Crippen LogP contribution is -2.28. The van der Waals surface area contributed by atoms with E-state index in [0.29, 0.717) is 0 Å². The first-order chi connectivity index (χ1) is 6.69. The lowest BCUT2D eigenvalue weighted by Gasteiger charge is -1.89. The van der Waals surface area contributed by atoms with E-state index in [2.05, 4.69) is 15.0 Å². The maximum atomic E-state index is 11.0. The minimum atomic E-state index is -0.582. The number of carbonyl (C=O) groups is 1. The summed E-state index contributed by atoms with van der Waals surface area (Å²) in [5.41, 5.74) is 0.134. The fourth-order valence-corrected chi connectivity index (χ4v) is 0.843.